The summed E-state index contributed by atoms with van der Waals surface area (Å²) in [4.78, 5) is 15.9. The number of hydrogen-bond donors (Lipinski definition) is 1. The number of benzene rings is 2. The zero-order chi connectivity index (χ0) is 20.8. The number of anilines is 1. The molecule has 0 saturated carbocycles. The first-order chi connectivity index (χ1) is 14.7. The molecule has 30 heavy (non-hydrogen) atoms. The SMILES string of the molecule is COc1cccc(NC(=O)Cn2nnc(-c3ccc(CN4CCOCC4)cc3)n2)c1. The molecule has 0 atom stereocenters. The Morgan fingerprint density at radius 1 is 1.17 bits per heavy atom. The molecular formula is C21H24N6O3. The van der Waals surface area contributed by atoms with E-state index in [1.165, 1.54) is 10.4 Å². The Bertz CT molecular complexity index is 982. The summed E-state index contributed by atoms with van der Waals surface area (Å²) >= 11 is 0. The number of carbonyl (C=O) groups is 1. The number of hydrogen-bond acceptors (Lipinski definition) is 7. The Kier molecular flexibility index (Phi) is 6.31. The van der Waals surface area contributed by atoms with Gasteiger partial charge in [0.05, 0.1) is 20.3 Å². The predicted molar refractivity (Wildman–Crippen MR) is 111 cm³/mol. The number of nitrogens with zero attached hydrogens (tertiary/aromatic N) is 5. The molecule has 0 radical (unpaired) electrons. The summed E-state index contributed by atoms with van der Waals surface area (Å²) in [5.41, 5.74) is 2.74. The molecule has 3 aromatic rings. The molecule has 1 aliphatic heterocycles. The Labute approximate surface area is 174 Å². The molecule has 1 aliphatic rings. The number of nitrogens with one attached hydrogen (secondary N) is 1. The van der Waals surface area contributed by atoms with Crippen LogP contribution in [0.2, 0.25) is 0 Å². The van der Waals surface area contributed by atoms with Gasteiger partial charge in [0.15, 0.2) is 0 Å². The molecule has 0 bridgehead atoms. The number of carbonyl (C=O) groups excluding carboxylic acids is 1. The highest BCUT2D eigenvalue weighted by atomic mass is 16.5. The van der Waals surface area contributed by atoms with Crippen molar-refractivity contribution in [1.29, 1.82) is 0 Å². The highest BCUT2D eigenvalue weighted by Crippen LogP contribution is 2.17. The molecule has 1 aromatic heterocycles. The second-order valence-electron chi connectivity index (χ2n) is 7.01. The molecule has 0 spiro atoms. The average molecular weight is 408 g/mol. The highest BCUT2D eigenvalue weighted by molar-refractivity contribution is 5.90. The van der Waals surface area contributed by atoms with Crippen LogP contribution >= 0.6 is 0 Å². The van der Waals surface area contributed by atoms with Crippen LogP contribution in [0, 0.1) is 0 Å². The van der Waals surface area contributed by atoms with Crippen LogP contribution in [-0.4, -0.2) is 64.4 Å². The minimum absolute atomic E-state index is 0.0284. The first-order valence-corrected chi connectivity index (χ1v) is 9.81. The summed E-state index contributed by atoms with van der Waals surface area (Å²) in [6.45, 7) is 4.35. The fourth-order valence-electron chi connectivity index (χ4n) is 3.23. The van der Waals surface area contributed by atoms with Crippen molar-refractivity contribution < 1.29 is 14.3 Å². The van der Waals surface area contributed by atoms with E-state index in [2.05, 4.69) is 37.8 Å². The van der Waals surface area contributed by atoms with E-state index in [1.54, 1.807) is 19.2 Å². The van der Waals surface area contributed by atoms with Crippen molar-refractivity contribution in [2.75, 3.05) is 38.7 Å². The van der Waals surface area contributed by atoms with Crippen LogP contribution in [0.15, 0.2) is 48.5 Å². The second-order valence-corrected chi connectivity index (χ2v) is 7.01. The number of morpholine rings is 1. The Morgan fingerprint density at radius 2 is 1.97 bits per heavy atom. The van der Waals surface area contributed by atoms with Gasteiger partial charge in [-0.3, -0.25) is 9.69 Å². The van der Waals surface area contributed by atoms with Crippen molar-refractivity contribution in [3.05, 3.63) is 54.1 Å². The van der Waals surface area contributed by atoms with E-state index < -0.39 is 0 Å². The topological polar surface area (TPSA) is 94.4 Å². The summed E-state index contributed by atoms with van der Waals surface area (Å²) < 4.78 is 10.5. The molecule has 9 nitrogen and oxygen atoms in total. The maximum Gasteiger partial charge on any atom is 0.248 e. The largest absolute Gasteiger partial charge is 0.497 e. The van der Waals surface area contributed by atoms with Crippen molar-refractivity contribution >= 4 is 11.6 Å². The van der Waals surface area contributed by atoms with Gasteiger partial charge in [-0.2, -0.15) is 4.80 Å². The molecule has 9 heteroatoms. The number of rotatable bonds is 7. The molecule has 156 valence electrons. The lowest BCUT2D eigenvalue weighted by Gasteiger charge is -2.26. The van der Waals surface area contributed by atoms with Gasteiger partial charge in [-0.25, -0.2) is 0 Å². The maximum atomic E-state index is 12.3. The highest BCUT2D eigenvalue weighted by Gasteiger charge is 2.12. The van der Waals surface area contributed by atoms with Gasteiger partial charge in [-0.05, 0) is 22.9 Å². The van der Waals surface area contributed by atoms with Gasteiger partial charge < -0.3 is 14.8 Å². The van der Waals surface area contributed by atoms with E-state index in [9.17, 15) is 4.79 Å². The second kappa shape index (κ2) is 9.47. The van der Waals surface area contributed by atoms with Crippen LogP contribution in [0.3, 0.4) is 0 Å². The molecule has 0 unspecified atom stereocenters. The molecule has 1 amide bonds. The standard InChI is InChI=1S/C21H24N6O3/c1-29-19-4-2-3-18(13-19)22-20(28)15-27-24-21(23-25-27)17-7-5-16(6-8-17)14-26-9-11-30-12-10-26/h2-8,13H,9-12,14-15H2,1H3,(H,22,28). The predicted octanol–water partition coefficient (Wildman–Crippen LogP) is 1.82. The van der Waals surface area contributed by atoms with E-state index in [1.807, 2.05) is 24.3 Å². The van der Waals surface area contributed by atoms with E-state index in [0.717, 1.165) is 38.4 Å². The van der Waals surface area contributed by atoms with Crippen molar-refractivity contribution in [2.45, 2.75) is 13.1 Å². The van der Waals surface area contributed by atoms with Gasteiger partial charge in [-0.15, -0.1) is 10.2 Å². The van der Waals surface area contributed by atoms with Crippen molar-refractivity contribution in [1.82, 2.24) is 25.1 Å². The third-order valence-electron chi connectivity index (χ3n) is 4.81. The summed E-state index contributed by atoms with van der Waals surface area (Å²) in [5.74, 6) is 0.918. The molecule has 1 fully saturated rings. The summed E-state index contributed by atoms with van der Waals surface area (Å²) in [5, 5.41) is 15.2. The van der Waals surface area contributed by atoms with Gasteiger partial charge in [0.2, 0.25) is 11.7 Å². The van der Waals surface area contributed by atoms with E-state index in [4.69, 9.17) is 9.47 Å². The van der Waals surface area contributed by atoms with Gasteiger partial charge in [0, 0.05) is 37.0 Å². The number of ether oxygens (including phenoxy) is 2. The van der Waals surface area contributed by atoms with Crippen LogP contribution < -0.4 is 10.1 Å². The average Bonchev–Trinajstić information content (AvgIpc) is 3.23. The Hall–Kier alpha value is -3.30. The van der Waals surface area contributed by atoms with Crippen LogP contribution in [-0.2, 0) is 22.6 Å². The van der Waals surface area contributed by atoms with Gasteiger partial charge >= 0.3 is 0 Å². The van der Waals surface area contributed by atoms with E-state index >= 15 is 0 Å². The zero-order valence-electron chi connectivity index (χ0n) is 16.8. The van der Waals surface area contributed by atoms with Crippen LogP contribution in [0.4, 0.5) is 5.69 Å². The van der Waals surface area contributed by atoms with E-state index in [-0.39, 0.29) is 12.5 Å². The van der Waals surface area contributed by atoms with Gasteiger partial charge in [0.25, 0.3) is 0 Å². The minimum atomic E-state index is -0.243. The summed E-state index contributed by atoms with van der Waals surface area (Å²) in [6.07, 6.45) is 0. The Morgan fingerprint density at radius 3 is 2.73 bits per heavy atom. The number of aromatic nitrogens is 4. The van der Waals surface area contributed by atoms with Crippen molar-refractivity contribution in [3.63, 3.8) is 0 Å². The van der Waals surface area contributed by atoms with Crippen molar-refractivity contribution in [3.8, 4) is 17.1 Å². The molecule has 4 rings (SSSR count). The lowest BCUT2D eigenvalue weighted by Crippen LogP contribution is -2.35. The Balaban J connectivity index is 1.34. The fourth-order valence-corrected chi connectivity index (χ4v) is 3.23. The van der Waals surface area contributed by atoms with Gasteiger partial charge in [0.1, 0.15) is 12.3 Å². The summed E-state index contributed by atoms with van der Waals surface area (Å²) in [6, 6.07) is 15.3. The van der Waals surface area contributed by atoms with Crippen molar-refractivity contribution in [2.24, 2.45) is 0 Å². The van der Waals surface area contributed by atoms with E-state index in [0.29, 0.717) is 17.3 Å². The minimum Gasteiger partial charge on any atom is -0.497 e. The smallest absolute Gasteiger partial charge is 0.248 e. The number of tetrazole rings is 1. The quantitative estimate of drug-likeness (QED) is 0.637. The van der Waals surface area contributed by atoms with Gasteiger partial charge in [-0.1, -0.05) is 30.3 Å². The first kappa shape index (κ1) is 20.0. The zero-order valence-corrected chi connectivity index (χ0v) is 16.8. The third-order valence-corrected chi connectivity index (χ3v) is 4.81. The number of amides is 1. The molecule has 2 heterocycles. The third kappa shape index (κ3) is 5.19. The van der Waals surface area contributed by atoms with Crippen LogP contribution in [0.1, 0.15) is 5.56 Å². The van der Waals surface area contributed by atoms with Crippen LogP contribution in [0.25, 0.3) is 11.4 Å². The molecule has 2 aromatic carbocycles. The fraction of sp³-hybridized carbons (Fsp3) is 0.333. The van der Waals surface area contributed by atoms with Crippen LogP contribution in [0.5, 0.6) is 5.75 Å². The first-order valence-electron chi connectivity index (χ1n) is 9.81. The molecule has 1 saturated heterocycles. The normalized spacial score (nSPS) is 14.4. The molecular weight excluding hydrogens is 384 g/mol. The lowest BCUT2D eigenvalue weighted by molar-refractivity contribution is -0.117. The lowest BCUT2D eigenvalue weighted by atomic mass is 10.1. The molecule has 0 aliphatic carbocycles. The number of methoxy groups -OCH3 is 1. The molecule has 1 N–H and O–H groups in total. The maximum absolute atomic E-state index is 12.3. The summed E-state index contributed by atoms with van der Waals surface area (Å²) in [7, 11) is 1.58. The monoisotopic (exact) mass is 408 g/mol.